The highest BCUT2D eigenvalue weighted by Gasteiger charge is 2.05. The maximum absolute atomic E-state index is 13.0. The Hall–Kier alpha value is -3.58. The first-order chi connectivity index (χ1) is 14.2. The van der Waals surface area contributed by atoms with Gasteiger partial charge in [0.1, 0.15) is 10.8 Å². The van der Waals surface area contributed by atoms with Crippen molar-refractivity contribution in [1.29, 1.82) is 0 Å². The summed E-state index contributed by atoms with van der Waals surface area (Å²) in [6, 6.07) is 15.9. The average molecular weight is 404 g/mol. The summed E-state index contributed by atoms with van der Waals surface area (Å²) in [5, 5.41) is 9.77. The molecule has 144 valence electrons. The second-order valence-corrected chi connectivity index (χ2v) is 7.12. The van der Waals surface area contributed by atoms with Gasteiger partial charge in [-0.05, 0) is 42.5 Å². The highest BCUT2D eigenvalue weighted by Crippen LogP contribution is 2.24. The molecule has 0 aliphatic heterocycles. The maximum atomic E-state index is 13.0. The molecule has 0 radical (unpaired) electrons. The molecule has 2 heterocycles. The number of amides is 1. The van der Waals surface area contributed by atoms with Gasteiger partial charge in [-0.15, -0.1) is 11.3 Å². The normalized spacial score (nSPS) is 11.1. The number of benzene rings is 2. The van der Waals surface area contributed by atoms with Crippen molar-refractivity contribution >= 4 is 23.3 Å². The quantitative estimate of drug-likeness (QED) is 0.483. The predicted octanol–water partition coefficient (Wildman–Crippen LogP) is 4.46. The highest BCUT2D eigenvalue weighted by atomic mass is 32.1. The minimum Gasteiger partial charge on any atom is -0.348 e. The third-order valence-corrected chi connectivity index (χ3v) is 5.05. The van der Waals surface area contributed by atoms with E-state index in [9.17, 15) is 9.18 Å². The van der Waals surface area contributed by atoms with E-state index in [0.717, 1.165) is 21.8 Å². The third-order valence-electron chi connectivity index (χ3n) is 4.14. The van der Waals surface area contributed by atoms with E-state index in [2.05, 4.69) is 15.4 Å². The largest absolute Gasteiger partial charge is 0.348 e. The van der Waals surface area contributed by atoms with Crippen LogP contribution in [0, 0.1) is 5.82 Å². The fraction of sp³-hybridized carbons (Fsp3) is 0.0455. The van der Waals surface area contributed by atoms with Crippen molar-refractivity contribution in [3.05, 3.63) is 95.5 Å². The molecule has 2 aromatic carbocycles. The van der Waals surface area contributed by atoms with Crippen molar-refractivity contribution in [3.8, 4) is 16.3 Å². The van der Waals surface area contributed by atoms with E-state index < -0.39 is 0 Å². The molecule has 1 amide bonds. The molecule has 0 saturated carbocycles. The van der Waals surface area contributed by atoms with Gasteiger partial charge in [-0.3, -0.25) is 4.79 Å². The van der Waals surface area contributed by atoms with E-state index in [1.807, 2.05) is 41.9 Å². The molecule has 0 aliphatic carbocycles. The lowest BCUT2D eigenvalue weighted by atomic mass is 10.2. The zero-order chi connectivity index (χ0) is 20.1. The van der Waals surface area contributed by atoms with Crippen molar-refractivity contribution in [1.82, 2.24) is 20.1 Å². The molecule has 4 rings (SSSR count). The molecule has 29 heavy (non-hydrogen) atoms. The maximum Gasteiger partial charge on any atom is 0.244 e. The van der Waals surface area contributed by atoms with Crippen molar-refractivity contribution in [2.45, 2.75) is 6.54 Å². The van der Waals surface area contributed by atoms with Crippen LogP contribution >= 0.6 is 11.3 Å². The summed E-state index contributed by atoms with van der Waals surface area (Å²) in [7, 11) is 0. The molecule has 0 atom stereocenters. The highest BCUT2D eigenvalue weighted by molar-refractivity contribution is 7.13. The number of nitrogens with one attached hydrogen (secondary N) is 1. The molecular weight excluding hydrogens is 387 g/mol. The second kappa shape index (κ2) is 8.62. The van der Waals surface area contributed by atoms with Crippen molar-refractivity contribution in [2.75, 3.05) is 0 Å². The Labute approximate surface area is 171 Å². The standard InChI is InChI=1S/C22H17FN4OS/c23-18-8-6-17(7-9-18)22-26-19(15-29-22)10-11-21(28)24-12-16-13-25-27(14-16)20-4-2-1-3-5-20/h1-11,13-15H,12H2,(H,24,28)/b11-10+. The number of thiazole rings is 1. The van der Waals surface area contributed by atoms with Crippen molar-refractivity contribution in [3.63, 3.8) is 0 Å². The molecule has 0 bridgehead atoms. The van der Waals surface area contributed by atoms with Gasteiger partial charge in [0.25, 0.3) is 0 Å². The van der Waals surface area contributed by atoms with Crippen LogP contribution in [0.25, 0.3) is 22.3 Å². The Morgan fingerprint density at radius 3 is 2.72 bits per heavy atom. The van der Waals surface area contributed by atoms with Gasteiger partial charge in [0, 0.05) is 35.3 Å². The smallest absolute Gasteiger partial charge is 0.244 e. The number of halogens is 1. The fourth-order valence-electron chi connectivity index (χ4n) is 2.67. The molecular formula is C22H17FN4OS. The van der Waals surface area contributed by atoms with E-state index in [1.54, 1.807) is 29.1 Å². The summed E-state index contributed by atoms with van der Waals surface area (Å²) in [5.41, 5.74) is 3.39. The molecule has 0 aliphatic rings. The van der Waals surface area contributed by atoms with Crippen LogP contribution in [0.4, 0.5) is 4.39 Å². The first-order valence-corrected chi connectivity index (χ1v) is 9.82. The zero-order valence-corrected chi connectivity index (χ0v) is 16.1. The molecule has 0 fully saturated rings. The predicted molar refractivity (Wildman–Crippen MR) is 112 cm³/mol. The molecule has 0 spiro atoms. The number of para-hydroxylation sites is 1. The minimum absolute atomic E-state index is 0.214. The van der Waals surface area contributed by atoms with Crippen LogP contribution in [-0.2, 0) is 11.3 Å². The van der Waals surface area contributed by atoms with Gasteiger partial charge in [0.05, 0.1) is 17.6 Å². The topological polar surface area (TPSA) is 59.8 Å². The Kier molecular flexibility index (Phi) is 5.58. The van der Waals surface area contributed by atoms with Crippen molar-refractivity contribution in [2.24, 2.45) is 0 Å². The number of hydrogen-bond acceptors (Lipinski definition) is 4. The first kappa shape index (κ1) is 18.8. The van der Waals surface area contributed by atoms with Crippen LogP contribution in [0.15, 0.2) is 78.4 Å². The van der Waals surface area contributed by atoms with Gasteiger partial charge in [-0.1, -0.05) is 18.2 Å². The summed E-state index contributed by atoms with van der Waals surface area (Å²) < 4.78 is 14.8. The number of nitrogens with zero attached hydrogens (tertiary/aromatic N) is 3. The SMILES string of the molecule is O=C(/C=C/c1csc(-c2ccc(F)cc2)n1)NCc1cnn(-c2ccccc2)c1. The zero-order valence-electron chi connectivity index (χ0n) is 15.3. The van der Waals surface area contributed by atoms with Gasteiger partial charge in [-0.2, -0.15) is 5.10 Å². The van der Waals surface area contributed by atoms with Gasteiger partial charge in [0.2, 0.25) is 5.91 Å². The van der Waals surface area contributed by atoms with Gasteiger partial charge in [-0.25, -0.2) is 14.1 Å². The van der Waals surface area contributed by atoms with E-state index in [1.165, 1.54) is 29.5 Å². The van der Waals surface area contributed by atoms with E-state index >= 15 is 0 Å². The molecule has 0 saturated heterocycles. The van der Waals surface area contributed by atoms with Crippen LogP contribution in [0.5, 0.6) is 0 Å². The number of hydrogen-bond donors (Lipinski definition) is 1. The molecule has 1 N–H and O–H groups in total. The Morgan fingerprint density at radius 2 is 1.93 bits per heavy atom. The van der Waals surface area contributed by atoms with Crippen LogP contribution in [0.1, 0.15) is 11.3 Å². The average Bonchev–Trinajstić information content (AvgIpc) is 3.42. The number of rotatable bonds is 6. The van der Waals surface area contributed by atoms with Crippen LogP contribution in [0.2, 0.25) is 0 Å². The van der Waals surface area contributed by atoms with E-state index in [0.29, 0.717) is 12.2 Å². The monoisotopic (exact) mass is 404 g/mol. The Morgan fingerprint density at radius 1 is 1.14 bits per heavy atom. The van der Waals surface area contributed by atoms with Gasteiger partial charge < -0.3 is 5.32 Å². The van der Waals surface area contributed by atoms with E-state index in [4.69, 9.17) is 0 Å². The minimum atomic E-state index is -0.281. The number of carbonyl (C=O) groups is 1. The second-order valence-electron chi connectivity index (χ2n) is 6.26. The summed E-state index contributed by atoms with van der Waals surface area (Å²) in [5.74, 6) is -0.495. The molecule has 4 aromatic rings. The Bertz CT molecular complexity index is 1130. The summed E-state index contributed by atoms with van der Waals surface area (Å²) >= 11 is 1.44. The number of aromatic nitrogens is 3. The fourth-order valence-corrected chi connectivity index (χ4v) is 3.46. The van der Waals surface area contributed by atoms with E-state index in [-0.39, 0.29) is 11.7 Å². The summed E-state index contributed by atoms with van der Waals surface area (Å²) in [4.78, 5) is 16.5. The number of carbonyl (C=O) groups excluding carboxylic acids is 1. The first-order valence-electron chi connectivity index (χ1n) is 8.94. The lowest BCUT2D eigenvalue weighted by Gasteiger charge is -2.00. The lowest BCUT2D eigenvalue weighted by Crippen LogP contribution is -2.19. The van der Waals surface area contributed by atoms with Gasteiger partial charge in [0.15, 0.2) is 0 Å². The summed E-state index contributed by atoms with van der Waals surface area (Å²) in [6.07, 6.45) is 6.72. The molecule has 5 nitrogen and oxygen atoms in total. The molecule has 0 unspecified atom stereocenters. The summed E-state index contributed by atoms with van der Waals surface area (Å²) in [6.45, 7) is 0.383. The van der Waals surface area contributed by atoms with Crippen LogP contribution in [0.3, 0.4) is 0 Å². The molecule has 2 aromatic heterocycles. The Balaban J connectivity index is 1.33. The lowest BCUT2D eigenvalue weighted by molar-refractivity contribution is -0.116. The molecule has 7 heteroatoms. The van der Waals surface area contributed by atoms with Gasteiger partial charge >= 0.3 is 0 Å². The van der Waals surface area contributed by atoms with Crippen molar-refractivity contribution < 1.29 is 9.18 Å². The van der Waals surface area contributed by atoms with Crippen LogP contribution < -0.4 is 5.32 Å². The third kappa shape index (κ3) is 4.83. The van der Waals surface area contributed by atoms with Crippen LogP contribution in [-0.4, -0.2) is 20.7 Å².